The molecule has 0 spiro atoms. The van der Waals surface area contributed by atoms with Crippen LogP contribution >= 0.6 is 0 Å². The Morgan fingerprint density at radius 1 is 0.341 bits per heavy atom. The average molecular weight is 584 g/mol. The number of rotatable bonds is 6. The van der Waals surface area contributed by atoms with Crippen LogP contribution < -0.4 is 5.19 Å². The first-order chi connectivity index (χ1) is 21.4. The van der Waals surface area contributed by atoms with Gasteiger partial charge in [0.05, 0.1) is 8.07 Å². The van der Waals surface area contributed by atoms with E-state index in [0.717, 1.165) is 22.1 Å². The van der Waals surface area contributed by atoms with Crippen LogP contribution in [0.25, 0.3) is 67.2 Å². The van der Waals surface area contributed by atoms with Crippen LogP contribution in [0.15, 0.2) is 146 Å². The fourth-order valence-electron chi connectivity index (χ4n) is 5.68. The number of aromatic nitrogens is 3. The van der Waals surface area contributed by atoms with Gasteiger partial charge >= 0.3 is 0 Å². The predicted octanol–water partition coefficient (Wildman–Crippen LogP) is 9.90. The molecule has 0 amide bonds. The van der Waals surface area contributed by atoms with Crippen molar-refractivity contribution in [1.29, 1.82) is 0 Å². The first kappa shape index (κ1) is 27.6. The number of nitrogens with zero attached hydrogens (tertiary/aromatic N) is 3. The van der Waals surface area contributed by atoms with Crippen molar-refractivity contribution < 1.29 is 0 Å². The highest BCUT2D eigenvalue weighted by Gasteiger charge is 2.17. The van der Waals surface area contributed by atoms with Gasteiger partial charge in [0.25, 0.3) is 0 Å². The van der Waals surface area contributed by atoms with Gasteiger partial charge in [0.1, 0.15) is 0 Å². The molecule has 7 rings (SSSR count). The minimum absolute atomic E-state index is 0.663. The molecule has 0 aliphatic heterocycles. The second-order valence-corrected chi connectivity index (χ2v) is 17.2. The molecule has 1 aromatic heterocycles. The summed E-state index contributed by atoms with van der Waals surface area (Å²) in [5, 5.41) is 3.76. The molecule has 0 saturated heterocycles. The third-order valence-corrected chi connectivity index (χ3v) is 10.2. The second kappa shape index (κ2) is 11.5. The van der Waals surface area contributed by atoms with E-state index in [1.54, 1.807) is 0 Å². The molecule has 0 bridgehead atoms. The lowest BCUT2D eigenvalue weighted by atomic mass is 9.93. The lowest BCUT2D eigenvalue weighted by Gasteiger charge is -2.17. The topological polar surface area (TPSA) is 38.7 Å². The Labute approximate surface area is 260 Å². The van der Waals surface area contributed by atoms with Crippen molar-refractivity contribution in [3.63, 3.8) is 0 Å². The number of fused-ring (bicyclic) bond motifs is 1. The van der Waals surface area contributed by atoms with E-state index < -0.39 is 8.07 Å². The third-order valence-electron chi connectivity index (χ3n) is 8.14. The Balaban J connectivity index is 1.31. The summed E-state index contributed by atoms with van der Waals surface area (Å²) in [6.45, 7) is 7.16. The Morgan fingerprint density at radius 3 is 1.27 bits per heavy atom. The smallest absolute Gasteiger partial charge is 0.164 e. The highest BCUT2D eigenvalue weighted by Crippen LogP contribution is 2.36. The SMILES string of the molecule is C[Si](C)(C)c1ccc(-c2ccc(-c3ccc(-c4nc(-c5ccccc5)nc(-c5ccccc5)n4)c4ccccc34)cc2)cc1. The van der Waals surface area contributed by atoms with Gasteiger partial charge in [-0.05, 0) is 39.1 Å². The average Bonchev–Trinajstić information content (AvgIpc) is 3.08. The molecule has 6 aromatic carbocycles. The Bertz CT molecular complexity index is 2010. The molecule has 44 heavy (non-hydrogen) atoms. The van der Waals surface area contributed by atoms with E-state index in [9.17, 15) is 0 Å². The monoisotopic (exact) mass is 583 g/mol. The van der Waals surface area contributed by atoms with Crippen molar-refractivity contribution in [3.05, 3.63) is 146 Å². The first-order valence-corrected chi connectivity index (χ1v) is 18.5. The van der Waals surface area contributed by atoms with Crippen LogP contribution in [-0.2, 0) is 0 Å². The molecule has 0 atom stereocenters. The normalized spacial score (nSPS) is 11.5. The summed E-state index contributed by atoms with van der Waals surface area (Å²) in [5.74, 6) is 1.99. The summed E-state index contributed by atoms with van der Waals surface area (Å²) >= 11 is 0. The Morgan fingerprint density at radius 2 is 0.750 bits per heavy atom. The van der Waals surface area contributed by atoms with E-state index in [2.05, 4.69) is 105 Å². The van der Waals surface area contributed by atoms with Crippen molar-refractivity contribution in [2.45, 2.75) is 19.6 Å². The van der Waals surface area contributed by atoms with Crippen LogP contribution in [0.3, 0.4) is 0 Å². The van der Waals surface area contributed by atoms with Crippen LogP contribution in [-0.4, -0.2) is 23.0 Å². The van der Waals surface area contributed by atoms with E-state index in [-0.39, 0.29) is 0 Å². The largest absolute Gasteiger partial charge is 0.208 e. The molecule has 3 nitrogen and oxygen atoms in total. The number of hydrogen-bond donors (Lipinski definition) is 0. The van der Waals surface area contributed by atoms with E-state index in [1.807, 2.05) is 60.7 Å². The van der Waals surface area contributed by atoms with Crippen molar-refractivity contribution in [1.82, 2.24) is 15.0 Å². The zero-order valence-corrected chi connectivity index (χ0v) is 26.2. The van der Waals surface area contributed by atoms with Crippen molar-refractivity contribution in [3.8, 4) is 56.4 Å². The molecule has 0 aliphatic carbocycles. The minimum atomic E-state index is -1.32. The fourth-order valence-corrected chi connectivity index (χ4v) is 6.85. The van der Waals surface area contributed by atoms with E-state index in [1.165, 1.54) is 32.8 Å². The molecule has 0 fully saturated rings. The summed E-state index contributed by atoms with van der Waals surface area (Å²) in [6, 6.07) is 51.1. The summed E-state index contributed by atoms with van der Waals surface area (Å²) < 4.78 is 0. The van der Waals surface area contributed by atoms with Crippen molar-refractivity contribution in [2.75, 3.05) is 0 Å². The van der Waals surface area contributed by atoms with Gasteiger partial charge in [-0.25, -0.2) is 15.0 Å². The van der Waals surface area contributed by atoms with E-state index >= 15 is 0 Å². The zero-order chi connectivity index (χ0) is 30.1. The molecular weight excluding hydrogens is 551 g/mol. The van der Waals surface area contributed by atoms with Crippen LogP contribution in [0.2, 0.25) is 19.6 Å². The zero-order valence-electron chi connectivity index (χ0n) is 25.2. The maximum absolute atomic E-state index is 5.00. The van der Waals surface area contributed by atoms with E-state index in [4.69, 9.17) is 15.0 Å². The first-order valence-electron chi connectivity index (χ1n) is 15.0. The molecule has 212 valence electrons. The number of benzene rings is 6. The molecule has 0 radical (unpaired) electrons. The minimum Gasteiger partial charge on any atom is -0.208 e. The lowest BCUT2D eigenvalue weighted by Crippen LogP contribution is -2.37. The highest BCUT2D eigenvalue weighted by atomic mass is 28.3. The third kappa shape index (κ3) is 5.48. The van der Waals surface area contributed by atoms with Gasteiger partial charge in [-0.15, -0.1) is 0 Å². The van der Waals surface area contributed by atoms with E-state index in [0.29, 0.717) is 17.5 Å². The van der Waals surface area contributed by atoms with Gasteiger partial charge in [-0.2, -0.15) is 0 Å². The molecule has 0 saturated carbocycles. The fraction of sp³-hybridized carbons (Fsp3) is 0.0750. The quantitative estimate of drug-likeness (QED) is 0.183. The highest BCUT2D eigenvalue weighted by molar-refractivity contribution is 6.88. The summed E-state index contributed by atoms with van der Waals surface area (Å²) in [4.78, 5) is 14.9. The summed E-state index contributed by atoms with van der Waals surface area (Å²) in [5.41, 5.74) is 7.75. The predicted molar refractivity (Wildman–Crippen MR) is 187 cm³/mol. The van der Waals surface area contributed by atoms with Crippen LogP contribution in [0, 0.1) is 0 Å². The molecule has 7 aromatic rings. The second-order valence-electron chi connectivity index (χ2n) is 12.1. The molecule has 0 unspecified atom stereocenters. The Hall–Kier alpha value is -5.19. The molecule has 0 N–H and O–H groups in total. The maximum Gasteiger partial charge on any atom is 0.164 e. The Kier molecular flexibility index (Phi) is 7.21. The standard InChI is InChI=1S/C40H33N3Si/c1-44(2,3)33-24-22-29(23-25-33)28-18-20-30(21-19-28)34-26-27-37(36-17-11-10-16-35(34)36)40-42-38(31-12-6-4-7-13-31)41-39(43-40)32-14-8-5-9-15-32/h4-27H,1-3H3. The lowest BCUT2D eigenvalue weighted by molar-refractivity contribution is 1.08. The molecular formula is C40H33N3Si. The number of hydrogen-bond acceptors (Lipinski definition) is 3. The van der Waals surface area contributed by atoms with Crippen molar-refractivity contribution in [2.24, 2.45) is 0 Å². The summed E-state index contributed by atoms with van der Waals surface area (Å²) in [6.07, 6.45) is 0. The van der Waals surface area contributed by atoms with Crippen LogP contribution in [0.4, 0.5) is 0 Å². The maximum atomic E-state index is 5.00. The van der Waals surface area contributed by atoms with Gasteiger partial charge in [0, 0.05) is 16.7 Å². The van der Waals surface area contributed by atoms with Crippen LogP contribution in [0.5, 0.6) is 0 Å². The van der Waals surface area contributed by atoms with Gasteiger partial charge < -0.3 is 0 Å². The van der Waals surface area contributed by atoms with Gasteiger partial charge in [-0.3, -0.25) is 0 Å². The van der Waals surface area contributed by atoms with Crippen LogP contribution in [0.1, 0.15) is 0 Å². The molecule has 0 aliphatic rings. The van der Waals surface area contributed by atoms with Crippen molar-refractivity contribution >= 4 is 24.0 Å². The van der Waals surface area contributed by atoms with Gasteiger partial charge in [0.15, 0.2) is 17.5 Å². The van der Waals surface area contributed by atoms with Gasteiger partial charge in [0.2, 0.25) is 0 Å². The summed E-state index contributed by atoms with van der Waals surface area (Å²) in [7, 11) is -1.32. The molecule has 4 heteroatoms. The molecule has 1 heterocycles. The van der Waals surface area contributed by atoms with Gasteiger partial charge in [-0.1, -0.05) is 164 Å².